The lowest BCUT2D eigenvalue weighted by atomic mass is 10.3. The topological polar surface area (TPSA) is 97.2 Å². The number of aromatic nitrogens is 1. The van der Waals surface area contributed by atoms with E-state index in [2.05, 4.69) is 31.5 Å². The second-order valence-corrected chi connectivity index (χ2v) is 5.12. The molecular weight excluding hydrogens is 316 g/mol. The molecule has 0 bridgehead atoms. The van der Waals surface area contributed by atoms with Crippen LogP contribution in [0.4, 0.5) is 11.4 Å². The number of amides is 1. The molecule has 1 heterocycles. The molecule has 1 aromatic rings. The van der Waals surface area contributed by atoms with Gasteiger partial charge in [-0.05, 0) is 28.8 Å². The van der Waals surface area contributed by atoms with Crippen molar-refractivity contribution in [3.63, 3.8) is 0 Å². The SMILES string of the molecule is O=C(NCCNc1c(Br)cncc1[N+](=O)[O-])C1CC1. The summed E-state index contributed by atoms with van der Waals surface area (Å²) in [6.07, 6.45) is 4.59. The maximum absolute atomic E-state index is 11.4. The van der Waals surface area contributed by atoms with E-state index < -0.39 is 4.92 Å². The largest absolute Gasteiger partial charge is 0.377 e. The Morgan fingerprint density at radius 3 is 2.84 bits per heavy atom. The summed E-state index contributed by atoms with van der Waals surface area (Å²) in [5, 5.41) is 16.6. The second-order valence-electron chi connectivity index (χ2n) is 4.26. The molecule has 2 rings (SSSR count). The van der Waals surface area contributed by atoms with Crippen LogP contribution in [0.3, 0.4) is 0 Å². The van der Waals surface area contributed by atoms with Gasteiger partial charge in [0.05, 0.1) is 9.40 Å². The second kappa shape index (κ2) is 5.96. The van der Waals surface area contributed by atoms with Gasteiger partial charge in [0.1, 0.15) is 11.9 Å². The van der Waals surface area contributed by atoms with Crippen LogP contribution in [0.1, 0.15) is 12.8 Å². The smallest absolute Gasteiger partial charge is 0.311 e. The maximum Gasteiger partial charge on any atom is 0.311 e. The van der Waals surface area contributed by atoms with Crippen LogP contribution in [-0.4, -0.2) is 28.9 Å². The third-order valence-corrected chi connectivity index (χ3v) is 3.35. The summed E-state index contributed by atoms with van der Waals surface area (Å²) in [7, 11) is 0. The lowest BCUT2D eigenvalue weighted by Crippen LogP contribution is -2.29. The van der Waals surface area contributed by atoms with Crippen LogP contribution in [0.25, 0.3) is 0 Å². The van der Waals surface area contributed by atoms with Crippen molar-refractivity contribution < 1.29 is 9.72 Å². The first-order valence-electron chi connectivity index (χ1n) is 5.89. The highest BCUT2D eigenvalue weighted by Gasteiger charge is 2.29. The third kappa shape index (κ3) is 3.63. The van der Waals surface area contributed by atoms with Gasteiger partial charge in [0, 0.05) is 25.2 Å². The average molecular weight is 329 g/mol. The molecule has 1 aliphatic carbocycles. The van der Waals surface area contributed by atoms with E-state index >= 15 is 0 Å². The van der Waals surface area contributed by atoms with Gasteiger partial charge in [0.2, 0.25) is 5.91 Å². The molecule has 1 fully saturated rings. The lowest BCUT2D eigenvalue weighted by molar-refractivity contribution is -0.384. The summed E-state index contributed by atoms with van der Waals surface area (Å²) in [6.45, 7) is 0.850. The molecule has 0 spiro atoms. The Bertz CT molecular complexity index is 505. The zero-order chi connectivity index (χ0) is 13.8. The number of nitro groups is 1. The van der Waals surface area contributed by atoms with E-state index in [0.717, 1.165) is 12.8 Å². The molecule has 0 radical (unpaired) electrons. The minimum Gasteiger partial charge on any atom is -0.377 e. The molecular formula is C11H13BrN4O3. The molecule has 0 unspecified atom stereocenters. The Labute approximate surface area is 118 Å². The van der Waals surface area contributed by atoms with Crippen LogP contribution in [-0.2, 0) is 4.79 Å². The molecule has 0 aromatic carbocycles. The average Bonchev–Trinajstić information content (AvgIpc) is 3.19. The number of halogens is 1. The van der Waals surface area contributed by atoms with E-state index in [1.165, 1.54) is 12.4 Å². The van der Waals surface area contributed by atoms with Gasteiger partial charge in [0.25, 0.3) is 0 Å². The van der Waals surface area contributed by atoms with E-state index in [4.69, 9.17) is 0 Å². The highest BCUT2D eigenvalue weighted by Crippen LogP contribution is 2.31. The first-order chi connectivity index (χ1) is 9.09. The Balaban J connectivity index is 1.88. The van der Waals surface area contributed by atoms with Crippen molar-refractivity contribution in [2.75, 3.05) is 18.4 Å². The minimum atomic E-state index is -0.497. The predicted molar refractivity (Wildman–Crippen MR) is 72.8 cm³/mol. The Kier molecular flexibility index (Phi) is 4.31. The summed E-state index contributed by atoms with van der Waals surface area (Å²) in [5.41, 5.74) is 0.281. The van der Waals surface area contributed by atoms with E-state index in [0.29, 0.717) is 23.2 Å². The van der Waals surface area contributed by atoms with E-state index in [-0.39, 0.29) is 17.5 Å². The fraction of sp³-hybridized carbons (Fsp3) is 0.455. The van der Waals surface area contributed by atoms with Crippen molar-refractivity contribution in [1.29, 1.82) is 0 Å². The summed E-state index contributed by atoms with van der Waals surface area (Å²) in [5.74, 6) is 0.229. The highest BCUT2D eigenvalue weighted by molar-refractivity contribution is 9.10. The van der Waals surface area contributed by atoms with Gasteiger partial charge >= 0.3 is 5.69 Å². The monoisotopic (exact) mass is 328 g/mol. The predicted octanol–water partition coefficient (Wildman–Crippen LogP) is 1.69. The van der Waals surface area contributed by atoms with Crippen LogP contribution in [0.2, 0.25) is 0 Å². The number of hydrogen-bond donors (Lipinski definition) is 2. The van der Waals surface area contributed by atoms with E-state index in [1.54, 1.807) is 0 Å². The van der Waals surface area contributed by atoms with Crippen molar-refractivity contribution in [1.82, 2.24) is 10.3 Å². The van der Waals surface area contributed by atoms with Gasteiger partial charge in [-0.25, -0.2) is 0 Å². The molecule has 0 atom stereocenters. The number of nitrogens with zero attached hydrogens (tertiary/aromatic N) is 2. The van der Waals surface area contributed by atoms with Crippen molar-refractivity contribution >= 4 is 33.2 Å². The van der Waals surface area contributed by atoms with Crippen LogP contribution < -0.4 is 10.6 Å². The summed E-state index contributed by atoms with van der Waals surface area (Å²) < 4.78 is 0.523. The molecule has 8 heteroatoms. The number of pyridine rings is 1. The van der Waals surface area contributed by atoms with Crippen molar-refractivity contribution in [2.24, 2.45) is 5.92 Å². The standard InChI is InChI=1S/C11H13BrN4O3/c12-8-5-13-6-9(16(18)19)10(8)14-3-4-15-11(17)7-1-2-7/h5-7H,1-4H2,(H,13,14)(H,15,17). The molecule has 1 aromatic heterocycles. The molecule has 0 saturated heterocycles. The number of carbonyl (C=O) groups is 1. The number of carbonyl (C=O) groups excluding carboxylic acids is 1. The zero-order valence-corrected chi connectivity index (χ0v) is 11.6. The molecule has 1 amide bonds. The number of anilines is 1. The van der Waals surface area contributed by atoms with Gasteiger partial charge < -0.3 is 10.6 Å². The molecule has 19 heavy (non-hydrogen) atoms. The van der Waals surface area contributed by atoms with E-state index in [1.807, 2.05) is 0 Å². The van der Waals surface area contributed by atoms with Crippen LogP contribution in [0.15, 0.2) is 16.9 Å². The van der Waals surface area contributed by atoms with Crippen LogP contribution in [0.5, 0.6) is 0 Å². The minimum absolute atomic E-state index is 0.0603. The molecule has 1 saturated carbocycles. The first-order valence-corrected chi connectivity index (χ1v) is 6.68. The Morgan fingerprint density at radius 1 is 1.47 bits per heavy atom. The Morgan fingerprint density at radius 2 is 2.21 bits per heavy atom. The van der Waals surface area contributed by atoms with E-state index in [9.17, 15) is 14.9 Å². The van der Waals surface area contributed by atoms with Crippen LogP contribution in [0, 0.1) is 16.0 Å². The van der Waals surface area contributed by atoms with Crippen molar-refractivity contribution in [3.8, 4) is 0 Å². The van der Waals surface area contributed by atoms with Crippen molar-refractivity contribution in [2.45, 2.75) is 12.8 Å². The Hall–Kier alpha value is -1.70. The number of nitrogens with one attached hydrogen (secondary N) is 2. The molecule has 7 nitrogen and oxygen atoms in total. The first kappa shape index (κ1) is 13.7. The zero-order valence-electron chi connectivity index (χ0n) is 10.1. The van der Waals surface area contributed by atoms with Crippen molar-refractivity contribution in [3.05, 3.63) is 27.0 Å². The molecule has 102 valence electrons. The fourth-order valence-corrected chi connectivity index (χ4v) is 2.06. The van der Waals surface area contributed by atoms with Gasteiger partial charge in [-0.2, -0.15) is 0 Å². The maximum atomic E-state index is 11.4. The number of hydrogen-bond acceptors (Lipinski definition) is 5. The number of rotatable bonds is 6. The van der Waals surface area contributed by atoms with Gasteiger partial charge in [-0.1, -0.05) is 0 Å². The molecule has 0 aliphatic heterocycles. The summed E-state index contributed by atoms with van der Waals surface area (Å²) in [4.78, 5) is 25.5. The van der Waals surface area contributed by atoms with Gasteiger partial charge in [-0.3, -0.25) is 19.9 Å². The third-order valence-electron chi connectivity index (χ3n) is 2.75. The summed E-state index contributed by atoms with van der Waals surface area (Å²) in [6, 6.07) is 0. The quantitative estimate of drug-likeness (QED) is 0.470. The van der Waals surface area contributed by atoms with Gasteiger partial charge in [0.15, 0.2) is 0 Å². The van der Waals surface area contributed by atoms with Gasteiger partial charge in [-0.15, -0.1) is 0 Å². The summed E-state index contributed by atoms with van der Waals surface area (Å²) >= 11 is 3.21. The normalized spacial score (nSPS) is 13.9. The fourth-order valence-electron chi connectivity index (χ4n) is 1.60. The van der Waals surface area contributed by atoms with Crippen LogP contribution >= 0.6 is 15.9 Å². The highest BCUT2D eigenvalue weighted by atomic mass is 79.9. The molecule has 1 aliphatic rings. The lowest BCUT2D eigenvalue weighted by Gasteiger charge is -2.09. The molecule has 2 N–H and O–H groups in total.